The van der Waals surface area contributed by atoms with Crippen LogP contribution in [0.15, 0.2) is 54.7 Å². The average Bonchev–Trinajstić information content (AvgIpc) is 2.97. The Bertz CT molecular complexity index is 1370. The molecule has 0 saturated carbocycles. The molecular weight excluding hydrogens is 539 g/mol. The van der Waals surface area contributed by atoms with Crippen molar-refractivity contribution < 1.29 is 33.3 Å². The number of carbonyl (C=O) groups excluding carboxylic acids is 2. The minimum atomic E-state index is -1.14. The van der Waals surface area contributed by atoms with E-state index in [0.717, 1.165) is 11.8 Å². The van der Waals surface area contributed by atoms with Crippen molar-refractivity contribution in [1.82, 2.24) is 9.88 Å². The topological polar surface area (TPSA) is 98.2 Å². The maximum Gasteiger partial charge on any atom is 0.343 e. The van der Waals surface area contributed by atoms with Crippen LogP contribution in [0.25, 0.3) is 11.1 Å². The van der Waals surface area contributed by atoms with E-state index < -0.39 is 29.8 Å². The molecule has 0 aliphatic rings. The van der Waals surface area contributed by atoms with Crippen LogP contribution in [0.5, 0.6) is 11.6 Å². The molecule has 2 aromatic carbocycles. The number of hydrogen-bond acceptors (Lipinski definition) is 8. The Morgan fingerprint density at radius 1 is 1.00 bits per heavy atom. The van der Waals surface area contributed by atoms with Gasteiger partial charge in [0.15, 0.2) is 0 Å². The molecule has 1 heterocycles. The molecule has 0 fully saturated rings. The predicted molar refractivity (Wildman–Crippen MR) is 159 cm³/mol. The maximum atomic E-state index is 15.0. The summed E-state index contributed by atoms with van der Waals surface area (Å²) in [6, 6.07) is 13.4. The first-order chi connectivity index (χ1) is 20.0. The summed E-state index contributed by atoms with van der Waals surface area (Å²) in [5.74, 6) is -1.92. The van der Waals surface area contributed by atoms with E-state index in [-0.39, 0.29) is 35.9 Å². The molecule has 8 nitrogen and oxygen atoms in total. The van der Waals surface area contributed by atoms with Crippen LogP contribution in [0.4, 0.5) is 4.39 Å². The van der Waals surface area contributed by atoms with Crippen molar-refractivity contribution in [2.24, 2.45) is 5.92 Å². The number of methoxy groups -OCH3 is 1. The van der Waals surface area contributed by atoms with Crippen LogP contribution in [0.1, 0.15) is 75.6 Å². The first-order valence-electron chi connectivity index (χ1n) is 14.2. The van der Waals surface area contributed by atoms with Gasteiger partial charge >= 0.3 is 11.9 Å². The molecule has 1 aromatic heterocycles. The summed E-state index contributed by atoms with van der Waals surface area (Å²) in [7, 11) is 1.47. The molecule has 0 aliphatic carbocycles. The van der Waals surface area contributed by atoms with E-state index in [4.69, 9.17) is 14.2 Å². The van der Waals surface area contributed by atoms with E-state index >= 15 is 0 Å². The summed E-state index contributed by atoms with van der Waals surface area (Å²) < 4.78 is 31.0. The Hall–Kier alpha value is -3.82. The Balaban J connectivity index is 1.93. The molecular formula is C33H41FN2O6. The first-order valence-corrected chi connectivity index (χ1v) is 14.2. The fraction of sp³-hybridized carbons (Fsp3) is 0.424. The van der Waals surface area contributed by atoms with Crippen molar-refractivity contribution in [2.75, 3.05) is 13.7 Å². The lowest BCUT2D eigenvalue weighted by Crippen LogP contribution is -2.36. The van der Waals surface area contributed by atoms with Gasteiger partial charge in [-0.25, -0.2) is 14.2 Å². The molecule has 42 heavy (non-hydrogen) atoms. The quantitative estimate of drug-likeness (QED) is 0.184. The second kappa shape index (κ2) is 14.9. The van der Waals surface area contributed by atoms with Crippen LogP contribution in [0.2, 0.25) is 0 Å². The number of aliphatic hydroxyl groups is 1. The molecule has 9 heteroatoms. The van der Waals surface area contributed by atoms with Crippen molar-refractivity contribution in [1.29, 1.82) is 0 Å². The highest BCUT2D eigenvalue weighted by Gasteiger charge is 2.26. The van der Waals surface area contributed by atoms with Gasteiger partial charge in [-0.05, 0) is 82.0 Å². The number of rotatable bonds is 13. The van der Waals surface area contributed by atoms with E-state index in [9.17, 15) is 19.1 Å². The van der Waals surface area contributed by atoms with E-state index in [2.05, 4.69) is 37.6 Å². The molecule has 226 valence electrons. The van der Waals surface area contributed by atoms with Crippen LogP contribution >= 0.6 is 0 Å². The van der Waals surface area contributed by atoms with E-state index in [1.807, 2.05) is 6.92 Å². The van der Waals surface area contributed by atoms with Gasteiger partial charge < -0.3 is 19.3 Å². The zero-order valence-electron chi connectivity index (χ0n) is 25.4. The van der Waals surface area contributed by atoms with Gasteiger partial charge in [-0.1, -0.05) is 25.1 Å². The number of aromatic nitrogens is 1. The summed E-state index contributed by atoms with van der Waals surface area (Å²) in [6.07, 6.45) is 0.666. The molecule has 0 aliphatic heterocycles. The summed E-state index contributed by atoms with van der Waals surface area (Å²) in [6.45, 7) is 12.6. The lowest BCUT2D eigenvalue weighted by molar-refractivity contribution is -0.151. The number of halogens is 1. The Labute approximate surface area is 247 Å². The molecule has 0 bridgehead atoms. The highest BCUT2D eigenvalue weighted by atomic mass is 19.1. The average molecular weight is 581 g/mol. The lowest BCUT2D eigenvalue weighted by Gasteiger charge is -2.31. The molecule has 0 amide bonds. The number of pyridine rings is 1. The molecule has 1 N–H and O–H groups in total. The van der Waals surface area contributed by atoms with Crippen LogP contribution in [-0.4, -0.2) is 52.7 Å². The summed E-state index contributed by atoms with van der Waals surface area (Å²) in [5.41, 5.74) is 2.37. The number of hydrogen-bond donors (Lipinski definition) is 1. The summed E-state index contributed by atoms with van der Waals surface area (Å²) in [4.78, 5) is 31.7. The standard InChI is InChI=1S/C33H41FN2O6/c1-8-14-41-32(38)22(6)31(37)23-10-9-11-26(16-23)42-33(39)24-12-13-27(28-17-30(40-7)35-18-29(28)34)25(15-24)19-36(20(2)3)21(4)5/h9-13,15-18,20-22,31,37H,8,14,19H2,1-7H3/t22-,31+/m0/s1. The zero-order valence-corrected chi connectivity index (χ0v) is 25.4. The number of ether oxygens (including phenoxy) is 3. The van der Waals surface area contributed by atoms with Gasteiger partial charge in [-0.2, -0.15) is 0 Å². The van der Waals surface area contributed by atoms with Crippen molar-refractivity contribution in [2.45, 2.75) is 72.7 Å². The van der Waals surface area contributed by atoms with Gasteiger partial charge in [0, 0.05) is 30.3 Å². The molecule has 3 rings (SSSR count). The predicted octanol–water partition coefficient (Wildman–Crippen LogP) is 6.36. The van der Waals surface area contributed by atoms with Crippen molar-refractivity contribution >= 4 is 11.9 Å². The SMILES string of the molecule is CCCOC(=O)[C@@H](C)[C@@H](O)c1cccc(OC(=O)c2ccc(-c3cc(OC)ncc3F)c(CN(C(C)C)C(C)C)c2)c1. The minimum Gasteiger partial charge on any atom is -0.481 e. The number of esters is 2. The van der Waals surface area contributed by atoms with E-state index in [1.54, 1.807) is 43.3 Å². The van der Waals surface area contributed by atoms with Gasteiger partial charge in [-0.3, -0.25) is 9.69 Å². The van der Waals surface area contributed by atoms with Crippen molar-refractivity contribution in [3.8, 4) is 22.8 Å². The van der Waals surface area contributed by atoms with Crippen LogP contribution in [-0.2, 0) is 16.1 Å². The van der Waals surface area contributed by atoms with Gasteiger partial charge in [0.1, 0.15) is 11.6 Å². The second-order valence-electron chi connectivity index (χ2n) is 10.8. The third-order valence-corrected chi connectivity index (χ3v) is 7.05. The molecule has 0 radical (unpaired) electrons. The van der Waals surface area contributed by atoms with Crippen molar-refractivity contribution in [3.05, 3.63) is 77.2 Å². The highest BCUT2D eigenvalue weighted by Crippen LogP contribution is 2.32. The minimum absolute atomic E-state index is 0.195. The molecule has 0 spiro atoms. The van der Waals surface area contributed by atoms with Gasteiger partial charge in [-0.15, -0.1) is 0 Å². The molecule has 2 atom stereocenters. The fourth-order valence-corrected chi connectivity index (χ4v) is 4.69. The van der Waals surface area contributed by atoms with E-state index in [0.29, 0.717) is 29.7 Å². The maximum absolute atomic E-state index is 15.0. The number of aliphatic hydroxyl groups excluding tert-OH is 1. The Kier molecular flexibility index (Phi) is 11.6. The van der Waals surface area contributed by atoms with Crippen molar-refractivity contribution in [3.63, 3.8) is 0 Å². The number of benzene rings is 2. The van der Waals surface area contributed by atoms with Crippen LogP contribution in [0.3, 0.4) is 0 Å². The Morgan fingerprint density at radius 3 is 2.36 bits per heavy atom. The van der Waals surface area contributed by atoms with E-state index in [1.165, 1.54) is 19.2 Å². The monoisotopic (exact) mass is 580 g/mol. The lowest BCUT2D eigenvalue weighted by atomic mass is 9.96. The normalized spacial score (nSPS) is 12.9. The van der Waals surface area contributed by atoms with Crippen LogP contribution < -0.4 is 9.47 Å². The molecule has 0 saturated heterocycles. The number of nitrogens with zero attached hydrogens (tertiary/aromatic N) is 2. The Morgan fingerprint density at radius 2 is 1.71 bits per heavy atom. The summed E-state index contributed by atoms with van der Waals surface area (Å²) >= 11 is 0. The van der Waals surface area contributed by atoms with Crippen LogP contribution in [0, 0.1) is 11.7 Å². The van der Waals surface area contributed by atoms with Gasteiger partial charge in [0.05, 0.1) is 37.5 Å². The van der Waals surface area contributed by atoms with Gasteiger partial charge in [0.2, 0.25) is 5.88 Å². The third-order valence-electron chi connectivity index (χ3n) is 7.05. The second-order valence-corrected chi connectivity index (χ2v) is 10.8. The molecule has 3 aromatic rings. The third kappa shape index (κ3) is 8.14. The fourth-order valence-electron chi connectivity index (χ4n) is 4.69. The summed E-state index contributed by atoms with van der Waals surface area (Å²) in [5, 5.41) is 10.8. The smallest absolute Gasteiger partial charge is 0.343 e. The number of carbonyl (C=O) groups is 2. The first kappa shape index (κ1) is 32.7. The largest absolute Gasteiger partial charge is 0.481 e. The highest BCUT2D eigenvalue weighted by molar-refractivity contribution is 5.92. The van der Waals surface area contributed by atoms with Gasteiger partial charge in [0.25, 0.3) is 0 Å². The zero-order chi connectivity index (χ0) is 31.0. The molecule has 0 unspecified atom stereocenters.